The van der Waals surface area contributed by atoms with Gasteiger partial charge < -0.3 is 4.57 Å². The second kappa shape index (κ2) is 8.83. The van der Waals surface area contributed by atoms with Crippen molar-refractivity contribution in [3.05, 3.63) is 113 Å². The molecular formula is C34H15N5S. The molecule has 0 aliphatic rings. The molecule has 0 N–H and O–H groups in total. The summed E-state index contributed by atoms with van der Waals surface area (Å²) < 4.78 is 4.31. The van der Waals surface area contributed by atoms with Crippen molar-refractivity contribution in [2.24, 2.45) is 0 Å². The highest BCUT2D eigenvalue weighted by Crippen LogP contribution is 2.42. The lowest BCUT2D eigenvalue weighted by Crippen LogP contribution is -2.03. The molecule has 0 atom stereocenters. The molecule has 0 aliphatic carbocycles. The first kappa shape index (κ1) is 23.2. The van der Waals surface area contributed by atoms with Crippen LogP contribution in [0.15, 0.2) is 91.0 Å². The van der Waals surface area contributed by atoms with E-state index in [0.29, 0.717) is 27.9 Å². The van der Waals surface area contributed by atoms with E-state index in [9.17, 15) is 21.0 Å². The third kappa shape index (κ3) is 3.22. The largest absolute Gasteiger partial charge is 0.307 e. The van der Waals surface area contributed by atoms with Crippen molar-refractivity contribution < 1.29 is 0 Å². The van der Waals surface area contributed by atoms with Crippen LogP contribution in [0.1, 0.15) is 22.3 Å². The molecule has 0 amide bonds. The van der Waals surface area contributed by atoms with E-state index >= 15 is 0 Å². The first-order valence-electron chi connectivity index (χ1n) is 12.4. The molecule has 5 nitrogen and oxygen atoms in total. The molecule has 0 aliphatic heterocycles. The summed E-state index contributed by atoms with van der Waals surface area (Å²) in [5.41, 5.74) is 4.35. The summed E-state index contributed by atoms with van der Waals surface area (Å²) in [5, 5.41) is 44.6. The summed E-state index contributed by atoms with van der Waals surface area (Å²) in [6, 6.07) is 37.8. The van der Waals surface area contributed by atoms with Crippen molar-refractivity contribution >= 4 is 53.3 Å². The molecule has 2 aromatic heterocycles. The van der Waals surface area contributed by atoms with Crippen molar-refractivity contribution in [3.8, 4) is 41.1 Å². The van der Waals surface area contributed by atoms with Crippen LogP contribution >= 0.6 is 11.3 Å². The smallest absolute Gasteiger partial charge is 0.101 e. The first-order valence-corrected chi connectivity index (χ1v) is 13.2. The molecule has 0 fully saturated rings. The minimum absolute atomic E-state index is 0.282. The predicted molar refractivity (Wildman–Crippen MR) is 158 cm³/mol. The summed E-state index contributed by atoms with van der Waals surface area (Å²) in [5.74, 6) is 0. The van der Waals surface area contributed by atoms with Gasteiger partial charge in [-0.2, -0.15) is 21.0 Å². The Hall–Kier alpha value is -5.92. The summed E-state index contributed by atoms with van der Waals surface area (Å²) in [4.78, 5) is 0. The summed E-state index contributed by atoms with van der Waals surface area (Å²) >= 11 is 1.71. The molecule has 0 saturated heterocycles. The molecule has 0 radical (unpaired) electrons. The fourth-order valence-electron chi connectivity index (χ4n) is 5.67. The van der Waals surface area contributed by atoms with Crippen molar-refractivity contribution in [2.75, 3.05) is 0 Å². The van der Waals surface area contributed by atoms with Crippen LogP contribution in [0.5, 0.6) is 0 Å². The number of rotatable bonds is 2. The molecule has 5 aromatic carbocycles. The van der Waals surface area contributed by atoms with Gasteiger partial charge in [0.25, 0.3) is 0 Å². The van der Waals surface area contributed by atoms with Gasteiger partial charge >= 0.3 is 0 Å². The highest BCUT2D eigenvalue weighted by molar-refractivity contribution is 7.25. The number of nitrogens with zero attached hydrogens (tertiary/aromatic N) is 5. The Bertz CT molecular complexity index is 2310. The van der Waals surface area contributed by atoms with Crippen molar-refractivity contribution in [3.63, 3.8) is 0 Å². The van der Waals surface area contributed by atoms with E-state index in [0.717, 1.165) is 26.5 Å². The van der Waals surface area contributed by atoms with E-state index < -0.39 is 0 Å². The van der Waals surface area contributed by atoms with Crippen LogP contribution in [0.25, 0.3) is 58.8 Å². The number of aromatic nitrogens is 1. The lowest BCUT2D eigenvalue weighted by atomic mass is 9.92. The Labute approximate surface area is 232 Å². The molecule has 0 spiro atoms. The maximum absolute atomic E-state index is 10.4. The molecule has 182 valence electrons. The fourth-order valence-corrected chi connectivity index (χ4v) is 6.79. The Morgan fingerprint density at radius 2 is 1.12 bits per heavy atom. The van der Waals surface area contributed by atoms with Crippen molar-refractivity contribution in [1.29, 1.82) is 21.0 Å². The number of fused-ring (bicyclic) bond motifs is 6. The standard InChI is InChI=1S/C34H15N5S/c35-16-20-6-5-7-21(17-36)33(20)22-12-23(18-37)34(24(13-22)19-38)39-29-10-3-1-8-25(29)27-14-28-26-9-2-4-11-31(26)40-32(28)15-30(27)39/h1-15H. The summed E-state index contributed by atoms with van der Waals surface area (Å²) in [6.07, 6.45) is 0. The Kier molecular flexibility index (Phi) is 5.13. The highest BCUT2D eigenvalue weighted by Gasteiger charge is 2.22. The first-order chi connectivity index (χ1) is 19.7. The zero-order valence-corrected chi connectivity index (χ0v) is 21.6. The van der Waals surface area contributed by atoms with Crippen LogP contribution in [0.3, 0.4) is 0 Å². The minimum Gasteiger partial charge on any atom is -0.307 e. The maximum Gasteiger partial charge on any atom is 0.101 e. The SMILES string of the molecule is N#Cc1cccc(C#N)c1-c1cc(C#N)c(-n2c3ccccc3c3cc4c(cc32)sc2ccccc24)c(C#N)c1. The number of nitriles is 4. The van der Waals surface area contributed by atoms with Gasteiger partial charge in [-0.25, -0.2) is 0 Å². The normalized spacial score (nSPS) is 10.9. The van der Waals surface area contributed by atoms with E-state index in [4.69, 9.17) is 0 Å². The Morgan fingerprint density at radius 1 is 0.500 bits per heavy atom. The molecule has 7 rings (SSSR count). The van der Waals surface area contributed by atoms with Gasteiger partial charge in [0.15, 0.2) is 0 Å². The van der Waals surface area contributed by atoms with Gasteiger partial charge in [0.1, 0.15) is 12.1 Å². The third-order valence-electron chi connectivity index (χ3n) is 7.34. The number of para-hydroxylation sites is 1. The number of hydrogen-bond donors (Lipinski definition) is 0. The minimum atomic E-state index is 0.282. The molecule has 40 heavy (non-hydrogen) atoms. The molecule has 0 bridgehead atoms. The maximum atomic E-state index is 10.4. The average molecular weight is 526 g/mol. The van der Waals surface area contributed by atoms with Gasteiger partial charge in [-0.1, -0.05) is 42.5 Å². The zero-order valence-electron chi connectivity index (χ0n) is 20.8. The van der Waals surface area contributed by atoms with Gasteiger partial charge in [0, 0.05) is 36.5 Å². The van der Waals surface area contributed by atoms with Crippen LogP contribution in [0.2, 0.25) is 0 Å². The van der Waals surface area contributed by atoms with E-state index in [2.05, 4.69) is 54.6 Å². The Balaban J connectivity index is 1.61. The third-order valence-corrected chi connectivity index (χ3v) is 8.47. The fraction of sp³-hybridized carbons (Fsp3) is 0. The van der Waals surface area contributed by atoms with Crippen LogP contribution in [0.4, 0.5) is 0 Å². The van der Waals surface area contributed by atoms with Gasteiger partial charge in [0.2, 0.25) is 0 Å². The molecule has 2 heterocycles. The monoisotopic (exact) mass is 525 g/mol. The van der Waals surface area contributed by atoms with Crippen LogP contribution < -0.4 is 0 Å². The van der Waals surface area contributed by atoms with Crippen LogP contribution in [0, 0.1) is 45.3 Å². The number of thiophene rings is 1. The topological polar surface area (TPSA) is 100 Å². The average Bonchev–Trinajstić information content (AvgIpc) is 3.53. The number of hydrogen-bond acceptors (Lipinski definition) is 5. The van der Waals surface area contributed by atoms with E-state index in [-0.39, 0.29) is 11.1 Å². The van der Waals surface area contributed by atoms with E-state index in [1.165, 1.54) is 15.5 Å². The highest BCUT2D eigenvalue weighted by atomic mass is 32.1. The molecule has 7 aromatic rings. The second-order valence-electron chi connectivity index (χ2n) is 9.41. The lowest BCUT2D eigenvalue weighted by molar-refractivity contribution is 1.16. The molecular weight excluding hydrogens is 510 g/mol. The van der Waals surface area contributed by atoms with E-state index in [1.54, 1.807) is 41.7 Å². The summed E-state index contributed by atoms with van der Waals surface area (Å²) in [7, 11) is 0. The van der Waals surface area contributed by atoms with Gasteiger partial charge in [-0.15, -0.1) is 11.3 Å². The number of benzene rings is 5. The predicted octanol–water partition coefficient (Wildman–Crippen LogP) is 8.31. The summed E-state index contributed by atoms with van der Waals surface area (Å²) in [6.45, 7) is 0. The molecule has 6 heteroatoms. The van der Waals surface area contributed by atoms with Crippen molar-refractivity contribution in [1.82, 2.24) is 4.57 Å². The quantitative estimate of drug-likeness (QED) is 0.226. The molecule has 0 saturated carbocycles. The van der Waals surface area contributed by atoms with E-state index in [1.807, 2.05) is 34.9 Å². The van der Waals surface area contributed by atoms with Gasteiger partial charge in [-0.05, 0) is 54.1 Å². The lowest BCUT2D eigenvalue weighted by Gasteiger charge is -2.15. The van der Waals surface area contributed by atoms with Gasteiger partial charge in [0.05, 0.1) is 51.1 Å². The van der Waals surface area contributed by atoms with Crippen LogP contribution in [-0.4, -0.2) is 4.57 Å². The van der Waals surface area contributed by atoms with Gasteiger partial charge in [-0.3, -0.25) is 0 Å². The molecule has 0 unspecified atom stereocenters. The Morgan fingerprint density at radius 3 is 1.80 bits per heavy atom. The van der Waals surface area contributed by atoms with Crippen LogP contribution in [-0.2, 0) is 0 Å². The zero-order chi connectivity index (χ0) is 27.4. The second-order valence-corrected chi connectivity index (χ2v) is 10.5. The van der Waals surface area contributed by atoms with Crippen molar-refractivity contribution in [2.45, 2.75) is 0 Å².